The van der Waals surface area contributed by atoms with Crippen LogP contribution < -0.4 is 10.6 Å². The largest absolute Gasteiger partial charge is 0.354 e. The second-order valence-corrected chi connectivity index (χ2v) is 4.38. The quantitative estimate of drug-likeness (QED) is 0.563. The zero-order valence-corrected chi connectivity index (χ0v) is 10.2. The molecule has 5 heteroatoms. The smallest absolute Gasteiger partial charge is 0.234 e. The summed E-state index contributed by atoms with van der Waals surface area (Å²) >= 11 is 5.32. The monoisotopic (exact) mass is 246 g/mol. The number of carbonyl (C=O) groups is 2. The molecular weight excluding hydrogens is 228 g/mol. The van der Waals surface area contributed by atoms with Crippen LogP contribution in [0.3, 0.4) is 0 Å². The van der Waals surface area contributed by atoms with Gasteiger partial charge in [-0.3, -0.25) is 9.59 Å². The number of hydrogen-bond donors (Lipinski definition) is 2. The molecule has 1 saturated carbocycles. The number of rotatable bonds is 5. The lowest BCUT2D eigenvalue weighted by Crippen LogP contribution is -2.38. The Morgan fingerprint density at radius 1 is 1.06 bits per heavy atom. The minimum Gasteiger partial charge on any atom is -0.354 e. The molecule has 2 amide bonds. The van der Waals surface area contributed by atoms with Crippen molar-refractivity contribution in [1.29, 1.82) is 0 Å². The average Bonchev–Trinajstić information content (AvgIpc) is 2.35. The average molecular weight is 247 g/mol. The van der Waals surface area contributed by atoms with Gasteiger partial charge in [-0.15, -0.1) is 11.6 Å². The summed E-state index contributed by atoms with van der Waals surface area (Å²) in [5.41, 5.74) is 0. The van der Waals surface area contributed by atoms with E-state index in [0.717, 1.165) is 25.7 Å². The molecule has 0 aliphatic heterocycles. The fraction of sp³-hybridized carbons (Fsp3) is 0.818. The molecule has 0 aromatic carbocycles. The Hall–Kier alpha value is -0.770. The van der Waals surface area contributed by atoms with E-state index in [1.807, 2.05) is 0 Å². The van der Waals surface area contributed by atoms with Crippen molar-refractivity contribution in [3.05, 3.63) is 0 Å². The first-order valence-corrected chi connectivity index (χ1v) is 6.38. The minimum absolute atomic E-state index is 0.0312. The van der Waals surface area contributed by atoms with Gasteiger partial charge in [0.15, 0.2) is 0 Å². The molecule has 0 unspecified atom stereocenters. The summed E-state index contributed by atoms with van der Waals surface area (Å²) in [5, 5.41) is 5.44. The number of nitrogens with one attached hydrogen (secondary N) is 2. The highest BCUT2D eigenvalue weighted by atomic mass is 35.5. The first kappa shape index (κ1) is 13.3. The van der Waals surface area contributed by atoms with Crippen LogP contribution in [-0.2, 0) is 9.59 Å². The molecule has 0 radical (unpaired) electrons. The molecule has 2 N–H and O–H groups in total. The molecule has 92 valence electrons. The van der Waals surface area contributed by atoms with Crippen molar-refractivity contribution in [3.8, 4) is 0 Å². The summed E-state index contributed by atoms with van der Waals surface area (Å²) in [6.07, 6.45) is 5.55. The van der Waals surface area contributed by atoms with Crippen LogP contribution in [0.2, 0.25) is 0 Å². The van der Waals surface area contributed by atoms with Crippen LogP contribution in [0.4, 0.5) is 0 Å². The maximum absolute atomic E-state index is 11.7. The van der Waals surface area contributed by atoms with Crippen LogP contribution in [0.25, 0.3) is 0 Å². The highest BCUT2D eigenvalue weighted by Crippen LogP contribution is 2.23. The SMILES string of the molecule is O=C(CCl)NCCNC(=O)C1CCCCC1. The highest BCUT2D eigenvalue weighted by Gasteiger charge is 2.20. The van der Waals surface area contributed by atoms with Gasteiger partial charge in [-0.1, -0.05) is 19.3 Å². The molecule has 0 saturated heterocycles. The number of carbonyl (C=O) groups excluding carboxylic acids is 2. The van der Waals surface area contributed by atoms with Crippen molar-refractivity contribution < 1.29 is 9.59 Å². The molecule has 1 fully saturated rings. The topological polar surface area (TPSA) is 58.2 Å². The van der Waals surface area contributed by atoms with Gasteiger partial charge in [0.2, 0.25) is 11.8 Å². The van der Waals surface area contributed by atoms with E-state index in [1.165, 1.54) is 6.42 Å². The van der Waals surface area contributed by atoms with Crippen LogP contribution in [0.5, 0.6) is 0 Å². The molecule has 0 atom stereocenters. The summed E-state index contributed by atoms with van der Waals surface area (Å²) in [5.74, 6) is 0.0715. The highest BCUT2D eigenvalue weighted by molar-refractivity contribution is 6.27. The lowest BCUT2D eigenvalue weighted by molar-refractivity contribution is -0.126. The number of halogens is 1. The summed E-state index contributed by atoms with van der Waals surface area (Å²) < 4.78 is 0. The van der Waals surface area contributed by atoms with E-state index >= 15 is 0 Å². The number of amides is 2. The van der Waals surface area contributed by atoms with E-state index in [0.29, 0.717) is 13.1 Å². The minimum atomic E-state index is -0.200. The van der Waals surface area contributed by atoms with E-state index in [1.54, 1.807) is 0 Å². The Balaban J connectivity index is 2.07. The van der Waals surface area contributed by atoms with E-state index < -0.39 is 0 Å². The molecular formula is C11H19ClN2O2. The molecule has 0 bridgehead atoms. The zero-order chi connectivity index (χ0) is 11.8. The lowest BCUT2D eigenvalue weighted by atomic mass is 9.89. The van der Waals surface area contributed by atoms with E-state index in [-0.39, 0.29) is 23.6 Å². The van der Waals surface area contributed by atoms with Gasteiger partial charge >= 0.3 is 0 Å². The summed E-state index contributed by atoms with van der Waals surface area (Å²) in [7, 11) is 0. The Morgan fingerprint density at radius 3 is 2.31 bits per heavy atom. The summed E-state index contributed by atoms with van der Waals surface area (Å²) in [4.78, 5) is 22.5. The molecule has 0 aromatic rings. The molecule has 4 nitrogen and oxygen atoms in total. The molecule has 0 heterocycles. The Labute approximate surface area is 101 Å². The van der Waals surface area contributed by atoms with Gasteiger partial charge in [0.1, 0.15) is 5.88 Å². The molecule has 0 aromatic heterocycles. The normalized spacial score (nSPS) is 16.8. The zero-order valence-electron chi connectivity index (χ0n) is 9.43. The lowest BCUT2D eigenvalue weighted by Gasteiger charge is -2.20. The van der Waals surface area contributed by atoms with Gasteiger partial charge in [0, 0.05) is 19.0 Å². The van der Waals surface area contributed by atoms with Gasteiger partial charge in [-0.25, -0.2) is 0 Å². The maximum atomic E-state index is 11.7. The number of alkyl halides is 1. The first-order chi connectivity index (χ1) is 7.74. The Bertz CT molecular complexity index is 240. The van der Waals surface area contributed by atoms with E-state index in [9.17, 15) is 9.59 Å². The van der Waals surface area contributed by atoms with Gasteiger partial charge in [0.05, 0.1) is 0 Å². The van der Waals surface area contributed by atoms with Crippen molar-refractivity contribution in [2.24, 2.45) is 5.92 Å². The predicted molar refractivity (Wildman–Crippen MR) is 63.3 cm³/mol. The third kappa shape index (κ3) is 4.84. The molecule has 16 heavy (non-hydrogen) atoms. The maximum Gasteiger partial charge on any atom is 0.234 e. The van der Waals surface area contributed by atoms with Crippen LogP contribution in [0.1, 0.15) is 32.1 Å². The third-order valence-electron chi connectivity index (χ3n) is 2.84. The Kier molecular flexibility index (Phi) is 6.23. The van der Waals surface area contributed by atoms with Crippen LogP contribution in [0.15, 0.2) is 0 Å². The molecule has 1 rings (SSSR count). The molecule has 0 spiro atoms. The van der Waals surface area contributed by atoms with Crippen molar-refractivity contribution in [2.75, 3.05) is 19.0 Å². The van der Waals surface area contributed by atoms with Gasteiger partial charge < -0.3 is 10.6 Å². The van der Waals surface area contributed by atoms with Crippen LogP contribution in [0, 0.1) is 5.92 Å². The first-order valence-electron chi connectivity index (χ1n) is 5.84. The third-order valence-corrected chi connectivity index (χ3v) is 3.09. The Morgan fingerprint density at radius 2 is 1.69 bits per heavy atom. The second-order valence-electron chi connectivity index (χ2n) is 4.11. The summed E-state index contributed by atoms with van der Waals surface area (Å²) in [6, 6.07) is 0. The second kappa shape index (κ2) is 7.49. The van der Waals surface area contributed by atoms with Crippen molar-refractivity contribution >= 4 is 23.4 Å². The van der Waals surface area contributed by atoms with E-state index in [4.69, 9.17) is 11.6 Å². The standard InChI is InChI=1S/C11H19ClN2O2/c12-8-10(15)13-6-7-14-11(16)9-4-2-1-3-5-9/h9H,1-8H2,(H,13,15)(H,14,16). The van der Waals surface area contributed by atoms with Crippen molar-refractivity contribution in [1.82, 2.24) is 10.6 Å². The van der Waals surface area contributed by atoms with Gasteiger partial charge in [-0.2, -0.15) is 0 Å². The number of hydrogen-bond acceptors (Lipinski definition) is 2. The fourth-order valence-corrected chi connectivity index (χ4v) is 2.04. The van der Waals surface area contributed by atoms with Gasteiger partial charge in [0.25, 0.3) is 0 Å². The molecule has 1 aliphatic rings. The van der Waals surface area contributed by atoms with Crippen molar-refractivity contribution in [2.45, 2.75) is 32.1 Å². The fourth-order valence-electron chi connectivity index (χ4n) is 1.94. The van der Waals surface area contributed by atoms with Gasteiger partial charge in [-0.05, 0) is 12.8 Å². The van der Waals surface area contributed by atoms with E-state index in [2.05, 4.69) is 10.6 Å². The van der Waals surface area contributed by atoms with Crippen LogP contribution >= 0.6 is 11.6 Å². The summed E-state index contributed by atoms with van der Waals surface area (Å²) in [6.45, 7) is 0.933. The van der Waals surface area contributed by atoms with Crippen molar-refractivity contribution in [3.63, 3.8) is 0 Å². The van der Waals surface area contributed by atoms with Crippen LogP contribution in [-0.4, -0.2) is 30.8 Å². The molecule has 1 aliphatic carbocycles. The predicted octanol–water partition coefficient (Wildman–Crippen LogP) is 1.04.